The van der Waals surface area contributed by atoms with E-state index in [4.69, 9.17) is 9.47 Å². The highest BCUT2D eigenvalue weighted by molar-refractivity contribution is 5.83. The zero-order chi connectivity index (χ0) is 35.3. The fourth-order valence-corrected chi connectivity index (χ4v) is 5.78. The summed E-state index contributed by atoms with van der Waals surface area (Å²) in [6, 6.07) is 0. The third-order valence-corrected chi connectivity index (χ3v) is 8.99. The summed E-state index contributed by atoms with van der Waals surface area (Å²) in [5.41, 5.74) is 0. The second-order valence-corrected chi connectivity index (χ2v) is 13.6. The minimum absolute atomic E-state index is 0.0668. The van der Waals surface area contributed by atoms with Gasteiger partial charge in [-0.2, -0.15) is 0 Å². The lowest BCUT2D eigenvalue weighted by molar-refractivity contribution is -0.147. The van der Waals surface area contributed by atoms with Crippen molar-refractivity contribution in [2.45, 2.75) is 201 Å². The van der Waals surface area contributed by atoms with E-state index in [-0.39, 0.29) is 62.9 Å². The lowest BCUT2D eigenvalue weighted by Gasteiger charge is -2.22. The number of esters is 2. The van der Waals surface area contributed by atoms with Crippen molar-refractivity contribution in [3.05, 3.63) is 0 Å². The molecule has 0 bridgehead atoms. The minimum Gasteiger partial charge on any atom is -0.464 e. The first kappa shape index (κ1) is 45.9. The molecule has 0 aromatic carbocycles. The molecule has 0 aromatic rings. The fourth-order valence-electron chi connectivity index (χ4n) is 5.78. The summed E-state index contributed by atoms with van der Waals surface area (Å²) in [7, 11) is 0. The number of ether oxygens (including phenoxy) is 2. The van der Waals surface area contributed by atoms with Gasteiger partial charge in [-0.3, -0.25) is 19.2 Å². The fraction of sp³-hybridized carbons (Fsp3) is 0.900. The molecule has 0 spiro atoms. The molecule has 0 unspecified atom stereocenters. The summed E-state index contributed by atoms with van der Waals surface area (Å²) in [5, 5.41) is 2.84. The largest absolute Gasteiger partial charge is 0.464 e. The molecule has 0 saturated carbocycles. The molecule has 0 aliphatic carbocycles. The molecule has 0 aliphatic heterocycles. The van der Waals surface area contributed by atoms with E-state index in [0.717, 1.165) is 51.4 Å². The number of unbranched alkanes of at least 4 members (excludes halogenated alkanes) is 21. The Morgan fingerprint density at radius 3 is 1.17 bits per heavy atom. The van der Waals surface area contributed by atoms with Crippen molar-refractivity contribution in [3.8, 4) is 0 Å². The molecular formula is C40H76N2O6. The van der Waals surface area contributed by atoms with Crippen molar-refractivity contribution in [3.63, 3.8) is 0 Å². The lowest BCUT2D eigenvalue weighted by Crippen LogP contribution is -2.38. The van der Waals surface area contributed by atoms with Crippen LogP contribution in [0.4, 0.5) is 0 Å². The molecule has 1 N–H and O–H groups in total. The second kappa shape index (κ2) is 36.2. The van der Waals surface area contributed by atoms with Gasteiger partial charge in [-0.25, -0.2) is 0 Å². The van der Waals surface area contributed by atoms with Crippen molar-refractivity contribution < 1.29 is 28.7 Å². The highest BCUT2D eigenvalue weighted by Crippen LogP contribution is 2.13. The monoisotopic (exact) mass is 681 g/mol. The summed E-state index contributed by atoms with van der Waals surface area (Å²) in [4.78, 5) is 51.2. The maximum Gasteiger partial charge on any atom is 0.305 e. The van der Waals surface area contributed by atoms with Gasteiger partial charge in [0, 0.05) is 32.2 Å². The van der Waals surface area contributed by atoms with Crippen LogP contribution in [0, 0.1) is 0 Å². The Labute approximate surface area is 295 Å². The van der Waals surface area contributed by atoms with Crippen LogP contribution in [0.5, 0.6) is 0 Å². The van der Waals surface area contributed by atoms with Gasteiger partial charge in [-0.15, -0.1) is 0 Å². The smallest absolute Gasteiger partial charge is 0.305 e. The van der Waals surface area contributed by atoms with E-state index in [2.05, 4.69) is 26.1 Å². The van der Waals surface area contributed by atoms with Gasteiger partial charge in [0.05, 0.1) is 13.1 Å². The zero-order valence-corrected chi connectivity index (χ0v) is 31.7. The maximum atomic E-state index is 13.0. The normalized spacial score (nSPS) is 11.0. The van der Waals surface area contributed by atoms with Crippen molar-refractivity contribution in [1.82, 2.24) is 10.2 Å². The molecule has 0 aromatic heterocycles. The number of nitrogens with one attached hydrogen (secondary N) is 1. The number of carbonyl (C=O) groups is 4. The lowest BCUT2D eigenvalue weighted by atomic mass is 10.1. The van der Waals surface area contributed by atoms with Crippen LogP contribution in [0.3, 0.4) is 0 Å². The molecule has 0 aliphatic rings. The molecule has 8 heteroatoms. The van der Waals surface area contributed by atoms with E-state index in [0.29, 0.717) is 19.4 Å². The molecular weight excluding hydrogens is 604 g/mol. The molecule has 0 rings (SSSR count). The average molecular weight is 681 g/mol. The van der Waals surface area contributed by atoms with Crippen LogP contribution in [-0.2, 0) is 28.7 Å². The molecule has 0 radical (unpaired) electrons. The van der Waals surface area contributed by atoms with Crippen LogP contribution >= 0.6 is 0 Å². The van der Waals surface area contributed by atoms with Crippen LogP contribution in [0.1, 0.15) is 201 Å². The second-order valence-electron chi connectivity index (χ2n) is 13.6. The number of nitrogens with zero attached hydrogens (tertiary/aromatic N) is 1. The summed E-state index contributed by atoms with van der Waals surface area (Å²) < 4.78 is 10.9. The van der Waals surface area contributed by atoms with E-state index >= 15 is 0 Å². The highest BCUT2D eigenvalue weighted by atomic mass is 16.5. The van der Waals surface area contributed by atoms with Gasteiger partial charge in [0.15, 0.2) is 0 Å². The van der Waals surface area contributed by atoms with E-state index in [1.54, 1.807) is 4.90 Å². The summed E-state index contributed by atoms with van der Waals surface area (Å²) in [6.45, 7) is 7.78. The topological polar surface area (TPSA) is 102 Å². The summed E-state index contributed by atoms with van der Waals surface area (Å²) in [5.74, 6) is -0.837. The number of hydrogen-bond acceptors (Lipinski definition) is 6. The number of carbonyl (C=O) groups excluding carboxylic acids is 4. The first-order chi connectivity index (χ1) is 23.4. The van der Waals surface area contributed by atoms with E-state index in [1.807, 2.05) is 0 Å². The summed E-state index contributed by atoms with van der Waals surface area (Å²) in [6.07, 6.45) is 29.8. The van der Waals surface area contributed by atoms with Crippen molar-refractivity contribution in [1.29, 1.82) is 0 Å². The predicted octanol–water partition coefficient (Wildman–Crippen LogP) is 10.0. The van der Waals surface area contributed by atoms with Crippen molar-refractivity contribution >= 4 is 23.8 Å². The molecule has 48 heavy (non-hydrogen) atoms. The Balaban J connectivity index is 4.29. The molecule has 0 heterocycles. The number of hydrogen-bond donors (Lipinski definition) is 1. The van der Waals surface area contributed by atoms with Gasteiger partial charge >= 0.3 is 11.9 Å². The number of amides is 2. The first-order valence-corrected chi connectivity index (χ1v) is 20.3. The molecule has 8 nitrogen and oxygen atoms in total. The standard InChI is InChI=1S/C40H76N2O6/c1-4-7-10-12-14-16-18-20-22-24-26-28-39(45)47-35-33-42(38(44)31-30-37(43)41-32-9-6-3)34-36-48-40(46)29-27-25-23-21-19-17-15-13-11-8-5-2/h4-36H2,1-3H3,(H,41,43). The molecule has 2 amide bonds. The van der Waals surface area contributed by atoms with E-state index in [9.17, 15) is 19.2 Å². The Hall–Kier alpha value is -2.12. The molecule has 0 atom stereocenters. The zero-order valence-electron chi connectivity index (χ0n) is 31.7. The van der Waals surface area contributed by atoms with Crippen molar-refractivity contribution in [2.75, 3.05) is 32.8 Å². The Kier molecular flexibility index (Phi) is 34.6. The SMILES string of the molecule is CCCCCCCCCCCCCC(=O)OCCN(CCOC(=O)CCCCCCCCCCCCC)C(=O)CCC(=O)NCCCC. The molecule has 0 saturated heterocycles. The quantitative estimate of drug-likeness (QED) is 0.0522. The summed E-state index contributed by atoms with van der Waals surface area (Å²) >= 11 is 0. The van der Waals surface area contributed by atoms with Crippen molar-refractivity contribution in [2.24, 2.45) is 0 Å². The molecule has 0 fully saturated rings. The first-order valence-electron chi connectivity index (χ1n) is 20.3. The highest BCUT2D eigenvalue weighted by Gasteiger charge is 2.17. The third-order valence-electron chi connectivity index (χ3n) is 8.99. The van der Waals surface area contributed by atoms with E-state index in [1.165, 1.54) is 103 Å². The van der Waals surface area contributed by atoms with Crippen LogP contribution in [0.2, 0.25) is 0 Å². The third kappa shape index (κ3) is 32.4. The Morgan fingerprint density at radius 2 is 0.792 bits per heavy atom. The van der Waals surface area contributed by atoms with Crippen LogP contribution in [0.15, 0.2) is 0 Å². The van der Waals surface area contributed by atoms with Gasteiger partial charge in [0.25, 0.3) is 0 Å². The van der Waals surface area contributed by atoms with Crippen LogP contribution in [-0.4, -0.2) is 61.5 Å². The van der Waals surface area contributed by atoms with Gasteiger partial charge in [-0.05, 0) is 19.3 Å². The van der Waals surface area contributed by atoms with Gasteiger partial charge in [0.1, 0.15) is 13.2 Å². The van der Waals surface area contributed by atoms with Gasteiger partial charge < -0.3 is 19.7 Å². The van der Waals surface area contributed by atoms with E-state index < -0.39 is 0 Å². The minimum atomic E-state index is -0.243. The molecule has 282 valence electrons. The Bertz CT molecular complexity index is 731. The van der Waals surface area contributed by atoms with Gasteiger partial charge in [-0.1, -0.05) is 156 Å². The number of rotatable bonds is 36. The van der Waals surface area contributed by atoms with Gasteiger partial charge in [0.2, 0.25) is 11.8 Å². The maximum absolute atomic E-state index is 13.0. The average Bonchev–Trinajstić information content (AvgIpc) is 3.08. The van der Waals surface area contributed by atoms with Crippen LogP contribution < -0.4 is 5.32 Å². The Morgan fingerprint density at radius 1 is 0.438 bits per heavy atom. The van der Waals surface area contributed by atoms with Crippen LogP contribution in [0.25, 0.3) is 0 Å². The predicted molar refractivity (Wildman–Crippen MR) is 198 cm³/mol.